The quantitative estimate of drug-likeness (QED) is 0.672. The van der Waals surface area contributed by atoms with Gasteiger partial charge in [0, 0.05) is 28.4 Å². The number of furan rings is 1. The molecule has 0 aliphatic carbocycles. The predicted molar refractivity (Wildman–Crippen MR) is 108 cm³/mol. The molecule has 2 amide bonds. The van der Waals surface area contributed by atoms with Gasteiger partial charge in [-0.3, -0.25) is 9.59 Å². The van der Waals surface area contributed by atoms with Crippen LogP contribution in [0, 0.1) is 12.8 Å². The van der Waals surface area contributed by atoms with Crippen LogP contribution >= 0.6 is 22.9 Å². The average molecular weight is 416 g/mol. The first-order valence-electron chi connectivity index (χ1n) is 8.84. The minimum atomic E-state index is -0.398. The Balaban J connectivity index is 1.42. The zero-order valence-electron chi connectivity index (χ0n) is 15.1. The smallest absolute Gasteiger partial charge is 0.231 e. The number of carbonyl (C=O) groups is 2. The Labute approximate surface area is 171 Å². The van der Waals surface area contributed by atoms with E-state index in [1.807, 2.05) is 37.3 Å². The molecule has 1 aliphatic rings. The Bertz CT molecular complexity index is 998. The van der Waals surface area contributed by atoms with E-state index in [1.165, 1.54) is 11.3 Å². The summed E-state index contributed by atoms with van der Waals surface area (Å²) in [4.78, 5) is 32.1. The van der Waals surface area contributed by atoms with E-state index < -0.39 is 5.92 Å². The predicted octanol–water partition coefficient (Wildman–Crippen LogP) is 4.35. The van der Waals surface area contributed by atoms with Gasteiger partial charge in [-0.1, -0.05) is 23.7 Å². The number of likely N-dealkylation sites (tertiary alicyclic amines) is 1. The van der Waals surface area contributed by atoms with Crippen LogP contribution in [0.5, 0.6) is 0 Å². The number of aryl methyl sites for hydroxylation is 1. The lowest BCUT2D eigenvalue weighted by Crippen LogP contribution is -2.27. The summed E-state index contributed by atoms with van der Waals surface area (Å²) in [7, 11) is 0. The van der Waals surface area contributed by atoms with Crippen LogP contribution in [0.15, 0.2) is 47.1 Å². The molecule has 6 nitrogen and oxygen atoms in total. The van der Waals surface area contributed by atoms with Gasteiger partial charge in [0.2, 0.25) is 11.8 Å². The van der Waals surface area contributed by atoms with Gasteiger partial charge in [-0.2, -0.15) is 0 Å². The van der Waals surface area contributed by atoms with Crippen molar-refractivity contribution in [1.82, 2.24) is 9.88 Å². The van der Waals surface area contributed by atoms with Crippen molar-refractivity contribution in [3.05, 3.63) is 58.3 Å². The Morgan fingerprint density at radius 1 is 1.36 bits per heavy atom. The Morgan fingerprint density at radius 3 is 2.86 bits per heavy atom. The van der Waals surface area contributed by atoms with E-state index in [-0.39, 0.29) is 18.2 Å². The number of aromatic nitrogens is 1. The molecule has 1 atom stereocenters. The minimum Gasteiger partial charge on any atom is -0.467 e. The molecule has 8 heteroatoms. The Morgan fingerprint density at radius 2 is 2.14 bits per heavy atom. The maximum absolute atomic E-state index is 12.6. The SMILES string of the molecule is Cc1sc(NC(=O)C2CC(=O)N(Cc3ccco3)C2)nc1-c1ccc(Cl)cc1. The topological polar surface area (TPSA) is 75.4 Å². The minimum absolute atomic E-state index is 0.0475. The van der Waals surface area contributed by atoms with E-state index in [0.717, 1.165) is 16.1 Å². The van der Waals surface area contributed by atoms with Crippen molar-refractivity contribution in [3.63, 3.8) is 0 Å². The molecule has 144 valence electrons. The second-order valence-electron chi connectivity index (χ2n) is 6.67. The number of hydrogen-bond donors (Lipinski definition) is 1. The van der Waals surface area contributed by atoms with Gasteiger partial charge in [0.05, 0.1) is 24.4 Å². The van der Waals surface area contributed by atoms with E-state index in [9.17, 15) is 9.59 Å². The maximum Gasteiger partial charge on any atom is 0.231 e. The van der Waals surface area contributed by atoms with Gasteiger partial charge in [0.25, 0.3) is 0 Å². The van der Waals surface area contributed by atoms with Crippen molar-refractivity contribution in [2.24, 2.45) is 5.92 Å². The first-order valence-corrected chi connectivity index (χ1v) is 10.0. The summed E-state index contributed by atoms with van der Waals surface area (Å²) in [5.74, 6) is 0.0728. The van der Waals surface area contributed by atoms with Crippen molar-refractivity contribution >= 4 is 39.9 Å². The summed E-state index contributed by atoms with van der Waals surface area (Å²) in [6.45, 7) is 2.72. The van der Waals surface area contributed by atoms with Crippen molar-refractivity contribution in [2.75, 3.05) is 11.9 Å². The molecule has 0 radical (unpaired) electrons. The fourth-order valence-corrected chi connectivity index (χ4v) is 4.19. The summed E-state index contributed by atoms with van der Waals surface area (Å²) in [6.07, 6.45) is 1.77. The number of thiazole rings is 1. The molecule has 1 fully saturated rings. The Hall–Kier alpha value is -2.64. The third-order valence-electron chi connectivity index (χ3n) is 4.66. The van der Waals surface area contributed by atoms with Crippen molar-refractivity contribution in [1.29, 1.82) is 0 Å². The lowest BCUT2D eigenvalue weighted by atomic mass is 10.1. The number of nitrogens with zero attached hydrogens (tertiary/aromatic N) is 2. The van der Waals surface area contributed by atoms with E-state index in [0.29, 0.717) is 29.0 Å². The number of amides is 2. The molecular weight excluding hydrogens is 398 g/mol. The van der Waals surface area contributed by atoms with Crippen molar-refractivity contribution < 1.29 is 14.0 Å². The summed E-state index contributed by atoms with van der Waals surface area (Å²) in [5.41, 5.74) is 1.76. The standard InChI is InChI=1S/C20H18ClN3O3S/c1-12-18(13-4-6-15(21)7-5-13)22-20(28-12)23-19(26)14-9-17(25)24(10-14)11-16-3-2-8-27-16/h2-8,14H,9-11H2,1H3,(H,22,23,26). The highest BCUT2D eigenvalue weighted by Gasteiger charge is 2.35. The molecular formula is C20H18ClN3O3S. The number of rotatable bonds is 5. The van der Waals surface area contributed by atoms with Crippen LogP contribution in [0.2, 0.25) is 5.02 Å². The van der Waals surface area contributed by atoms with E-state index in [1.54, 1.807) is 17.2 Å². The number of hydrogen-bond acceptors (Lipinski definition) is 5. The number of benzene rings is 1. The van der Waals surface area contributed by atoms with Gasteiger partial charge in [-0.25, -0.2) is 4.98 Å². The molecule has 3 aromatic rings. The van der Waals surface area contributed by atoms with Crippen LogP contribution in [0.4, 0.5) is 5.13 Å². The average Bonchev–Trinajstić information content (AvgIpc) is 3.38. The molecule has 0 saturated carbocycles. The van der Waals surface area contributed by atoms with Gasteiger partial charge in [-0.15, -0.1) is 11.3 Å². The fraction of sp³-hybridized carbons (Fsp3) is 0.250. The van der Waals surface area contributed by atoms with E-state index in [2.05, 4.69) is 10.3 Å². The van der Waals surface area contributed by atoms with Crippen LogP contribution in [0.1, 0.15) is 17.1 Å². The molecule has 1 aromatic carbocycles. The largest absolute Gasteiger partial charge is 0.467 e. The molecule has 1 saturated heterocycles. The summed E-state index contributed by atoms with van der Waals surface area (Å²) in [5, 5.41) is 4.06. The number of carbonyl (C=O) groups excluding carboxylic acids is 2. The second kappa shape index (κ2) is 7.77. The van der Waals surface area contributed by atoms with Crippen LogP contribution in [-0.2, 0) is 16.1 Å². The Kier molecular flexibility index (Phi) is 5.19. The lowest BCUT2D eigenvalue weighted by Gasteiger charge is -2.14. The highest BCUT2D eigenvalue weighted by Crippen LogP contribution is 2.32. The lowest BCUT2D eigenvalue weighted by molar-refractivity contribution is -0.128. The van der Waals surface area contributed by atoms with Crippen LogP contribution in [0.25, 0.3) is 11.3 Å². The molecule has 3 heterocycles. The monoisotopic (exact) mass is 415 g/mol. The van der Waals surface area contributed by atoms with Gasteiger partial charge >= 0.3 is 0 Å². The highest BCUT2D eigenvalue weighted by molar-refractivity contribution is 7.16. The molecule has 1 N–H and O–H groups in total. The number of anilines is 1. The van der Waals surface area contributed by atoms with Gasteiger partial charge in [0.1, 0.15) is 5.76 Å². The zero-order chi connectivity index (χ0) is 19.7. The van der Waals surface area contributed by atoms with Crippen molar-refractivity contribution in [3.8, 4) is 11.3 Å². The fourth-order valence-electron chi connectivity index (χ4n) is 3.22. The molecule has 2 aromatic heterocycles. The normalized spacial score (nSPS) is 16.6. The van der Waals surface area contributed by atoms with E-state index >= 15 is 0 Å². The van der Waals surface area contributed by atoms with Gasteiger partial charge < -0.3 is 14.6 Å². The second-order valence-corrected chi connectivity index (χ2v) is 8.31. The van der Waals surface area contributed by atoms with Gasteiger partial charge in [0.15, 0.2) is 5.13 Å². The van der Waals surface area contributed by atoms with Crippen LogP contribution in [-0.4, -0.2) is 28.2 Å². The van der Waals surface area contributed by atoms with Crippen LogP contribution in [0.3, 0.4) is 0 Å². The highest BCUT2D eigenvalue weighted by atomic mass is 35.5. The first kappa shape index (κ1) is 18.7. The first-order chi connectivity index (χ1) is 13.5. The maximum atomic E-state index is 12.6. The van der Waals surface area contributed by atoms with Crippen LogP contribution < -0.4 is 5.32 Å². The molecule has 0 spiro atoms. The third kappa shape index (κ3) is 3.95. The summed E-state index contributed by atoms with van der Waals surface area (Å²) >= 11 is 7.36. The number of halogens is 1. The zero-order valence-corrected chi connectivity index (χ0v) is 16.7. The summed E-state index contributed by atoms with van der Waals surface area (Å²) < 4.78 is 5.29. The third-order valence-corrected chi connectivity index (χ3v) is 5.79. The van der Waals surface area contributed by atoms with E-state index in [4.69, 9.17) is 16.0 Å². The number of nitrogens with one attached hydrogen (secondary N) is 1. The molecule has 28 heavy (non-hydrogen) atoms. The summed E-state index contributed by atoms with van der Waals surface area (Å²) in [6, 6.07) is 11.0. The molecule has 1 unspecified atom stereocenters. The molecule has 4 rings (SSSR count). The van der Waals surface area contributed by atoms with Crippen molar-refractivity contribution in [2.45, 2.75) is 19.9 Å². The molecule has 1 aliphatic heterocycles. The van der Waals surface area contributed by atoms with Gasteiger partial charge in [-0.05, 0) is 31.2 Å². The molecule has 0 bridgehead atoms.